The van der Waals surface area contributed by atoms with Crippen LogP contribution in [0.1, 0.15) is 45.6 Å². The van der Waals surface area contributed by atoms with E-state index in [1.165, 1.54) is 18.2 Å². The van der Waals surface area contributed by atoms with E-state index in [2.05, 4.69) is 22.9 Å². The molecule has 0 aliphatic heterocycles. The molecule has 3 atom stereocenters. The minimum atomic E-state index is -0.361. The number of benzene rings is 1. The van der Waals surface area contributed by atoms with Gasteiger partial charge in [0, 0.05) is 4.83 Å². The zero-order chi connectivity index (χ0) is 14.2. The van der Waals surface area contributed by atoms with Gasteiger partial charge in [0.05, 0.1) is 0 Å². The molecule has 2 rings (SSSR count). The maximum atomic E-state index is 14.0. The van der Waals surface area contributed by atoms with Crippen LogP contribution in [0.3, 0.4) is 0 Å². The Kier molecular flexibility index (Phi) is 4.34. The standard InChI is InChI=1S/C16H21BrF2/c1-10-4-6-12(14(17)8-10)16(2,3)13-9-11(18)5-7-15(13)19/h5,7,9-10,12,14H,4,6,8H2,1-3H3. The Labute approximate surface area is 122 Å². The number of rotatable bonds is 2. The fraction of sp³-hybridized carbons (Fsp3) is 0.625. The van der Waals surface area contributed by atoms with Gasteiger partial charge in [-0.05, 0) is 53.9 Å². The average molecular weight is 331 g/mol. The van der Waals surface area contributed by atoms with Crippen LogP contribution in [0.2, 0.25) is 0 Å². The SMILES string of the molecule is CC1CCC(C(C)(C)c2cc(F)ccc2F)C(Br)C1. The topological polar surface area (TPSA) is 0 Å². The van der Waals surface area contributed by atoms with Crippen molar-refractivity contribution in [2.24, 2.45) is 11.8 Å². The molecule has 0 N–H and O–H groups in total. The van der Waals surface area contributed by atoms with Gasteiger partial charge in [-0.3, -0.25) is 0 Å². The van der Waals surface area contributed by atoms with Crippen LogP contribution >= 0.6 is 15.9 Å². The summed E-state index contributed by atoms with van der Waals surface area (Å²) in [7, 11) is 0. The third kappa shape index (κ3) is 3.01. The number of hydrogen-bond acceptors (Lipinski definition) is 0. The minimum absolute atomic E-state index is 0.301. The Morgan fingerprint density at radius 2 is 1.89 bits per heavy atom. The molecule has 1 aliphatic rings. The number of alkyl halides is 1. The highest BCUT2D eigenvalue weighted by molar-refractivity contribution is 9.09. The fourth-order valence-corrected chi connectivity index (χ4v) is 4.88. The van der Waals surface area contributed by atoms with Gasteiger partial charge in [-0.25, -0.2) is 8.78 Å². The Bertz CT molecular complexity index is 456. The van der Waals surface area contributed by atoms with Gasteiger partial charge in [-0.15, -0.1) is 0 Å². The van der Waals surface area contributed by atoms with E-state index in [1.54, 1.807) is 0 Å². The first kappa shape index (κ1) is 15.0. The molecule has 3 unspecified atom stereocenters. The number of hydrogen-bond donors (Lipinski definition) is 0. The first-order valence-electron chi connectivity index (χ1n) is 6.92. The molecule has 0 aromatic heterocycles. The van der Waals surface area contributed by atoms with Gasteiger partial charge in [-0.1, -0.05) is 43.1 Å². The summed E-state index contributed by atoms with van der Waals surface area (Å²) in [4.78, 5) is 0.369. The Morgan fingerprint density at radius 1 is 1.21 bits per heavy atom. The molecule has 0 nitrogen and oxygen atoms in total. The van der Waals surface area contributed by atoms with Gasteiger partial charge >= 0.3 is 0 Å². The van der Waals surface area contributed by atoms with Gasteiger partial charge in [0.15, 0.2) is 0 Å². The van der Waals surface area contributed by atoms with E-state index in [4.69, 9.17) is 0 Å². The summed E-state index contributed by atoms with van der Waals surface area (Å²) in [5.74, 6) is 0.373. The molecule has 0 spiro atoms. The third-order valence-corrected chi connectivity index (χ3v) is 5.60. The minimum Gasteiger partial charge on any atom is -0.207 e. The van der Waals surface area contributed by atoms with Crippen molar-refractivity contribution < 1.29 is 8.78 Å². The lowest BCUT2D eigenvalue weighted by Crippen LogP contribution is -2.39. The lowest BCUT2D eigenvalue weighted by atomic mass is 9.66. The maximum absolute atomic E-state index is 14.0. The molecule has 0 radical (unpaired) electrons. The van der Waals surface area contributed by atoms with Crippen LogP contribution in [0.25, 0.3) is 0 Å². The van der Waals surface area contributed by atoms with Crippen molar-refractivity contribution in [3.8, 4) is 0 Å². The normalized spacial score (nSPS) is 28.4. The van der Waals surface area contributed by atoms with Crippen LogP contribution in [0.15, 0.2) is 18.2 Å². The summed E-state index contributed by atoms with van der Waals surface area (Å²) in [6, 6.07) is 3.78. The van der Waals surface area contributed by atoms with E-state index in [9.17, 15) is 8.78 Å². The average Bonchev–Trinajstić information content (AvgIpc) is 2.31. The number of halogens is 3. The predicted octanol–water partition coefficient (Wildman–Crippen LogP) is 5.44. The highest BCUT2D eigenvalue weighted by Gasteiger charge is 2.40. The van der Waals surface area contributed by atoms with Crippen LogP contribution in [0, 0.1) is 23.5 Å². The summed E-state index contributed by atoms with van der Waals surface area (Å²) in [5, 5.41) is 0. The zero-order valence-electron chi connectivity index (χ0n) is 11.7. The summed E-state index contributed by atoms with van der Waals surface area (Å²) in [5.41, 5.74) is 0.136. The summed E-state index contributed by atoms with van der Waals surface area (Å²) < 4.78 is 27.5. The van der Waals surface area contributed by atoms with Crippen molar-refractivity contribution in [2.45, 2.75) is 50.3 Å². The van der Waals surface area contributed by atoms with Gasteiger partial charge < -0.3 is 0 Å². The molecular weight excluding hydrogens is 310 g/mol. The van der Waals surface area contributed by atoms with E-state index in [-0.39, 0.29) is 17.0 Å². The lowest BCUT2D eigenvalue weighted by molar-refractivity contribution is 0.209. The second kappa shape index (κ2) is 5.51. The quantitative estimate of drug-likeness (QED) is 0.633. The van der Waals surface area contributed by atoms with E-state index in [1.807, 2.05) is 13.8 Å². The summed E-state index contributed by atoms with van der Waals surface area (Å²) >= 11 is 3.76. The molecule has 0 amide bonds. The third-order valence-electron chi connectivity index (χ3n) is 4.58. The molecule has 0 bridgehead atoms. The smallest absolute Gasteiger partial charge is 0.127 e. The van der Waals surface area contributed by atoms with Crippen LogP contribution in [0.4, 0.5) is 8.78 Å². The fourth-order valence-electron chi connectivity index (χ4n) is 3.32. The van der Waals surface area contributed by atoms with Crippen molar-refractivity contribution >= 4 is 15.9 Å². The molecular formula is C16H21BrF2. The highest BCUT2D eigenvalue weighted by Crippen LogP contribution is 2.45. The molecule has 1 aromatic rings. The zero-order valence-corrected chi connectivity index (χ0v) is 13.3. The largest absolute Gasteiger partial charge is 0.207 e. The van der Waals surface area contributed by atoms with Crippen molar-refractivity contribution in [1.29, 1.82) is 0 Å². The summed E-state index contributed by atoms with van der Waals surface area (Å²) in [6.45, 7) is 6.31. The van der Waals surface area contributed by atoms with E-state index in [0.717, 1.165) is 19.3 Å². The van der Waals surface area contributed by atoms with E-state index >= 15 is 0 Å². The first-order chi connectivity index (χ1) is 8.82. The molecule has 1 aliphatic carbocycles. The van der Waals surface area contributed by atoms with Crippen LogP contribution in [-0.4, -0.2) is 4.83 Å². The summed E-state index contributed by atoms with van der Waals surface area (Å²) in [6.07, 6.45) is 3.32. The van der Waals surface area contributed by atoms with Crippen LogP contribution in [0.5, 0.6) is 0 Å². The Balaban J connectivity index is 2.33. The van der Waals surface area contributed by atoms with Crippen molar-refractivity contribution in [3.63, 3.8) is 0 Å². The maximum Gasteiger partial charge on any atom is 0.127 e. The van der Waals surface area contributed by atoms with Crippen molar-refractivity contribution in [3.05, 3.63) is 35.4 Å². The Hall–Kier alpha value is -0.440. The van der Waals surface area contributed by atoms with Crippen molar-refractivity contribution in [1.82, 2.24) is 0 Å². The molecule has 1 fully saturated rings. The first-order valence-corrected chi connectivity index (χ1v) is 7.83. The molecule has 1 aromatic carbocycles. The van der Waals surface area contributed by atoms with Crippen molar-refractivity contribution in [2.75, 3.05) is 0 Å². The molecule has 1 saturated carbocycles. The molecule has 0 saturated heterocycles. The van der Waals surface area contributed by atoms with Gasteiger partial charge in [0.25, 0.3) is 0 Å². The second-order valence-corrected chi connectivity index (χ2v) is 7.56. The van der Waals surface area contributed by atoms with Gasteiger partial charge in [0.2, 0.25) is 0 Å². The Morgan fingerprint density at radius 3 is 2.53 bits per heavy atom. The molecule has 19 heavy (non-hydrogen) atoms. The highest BCUT2D eigenvalue weighted by atomic mass is 79.9. The molecule has 3 heteroatoms. The van der Waals surface area contributed by atoms with Gasteiger partial charge in [-0.2, -0.15) is 0 Å². The van der Waals surface area contributed by atoms with E-state index in [0.29, 0.717) is 22.2 Å². The molecule has 0 heterocycles. The molecule has 106 valence electrons. The predicted molar refractivity (Wildman–Crippen MR) is 78.6 cm³/mol. The monoisotopic (exact) mass is 330 g/mol. The lowest BCUT2D eigenvalue weighted by Gasteiger charge is -2.42. The second-order valence-electron chi connectivity index (χ2n) is 6.39. The van der Waals surface area contributed by atoms with E-state index < -0.39 is 0 Å². The van der Waals surface area contributed by atoms with Crippen LogP contribution < -0.4 is 0 Å². The van der Waals surface area contributed by atoms with Crippen LogP contribution in [-0.2, 0) is 5.41 Å². The van der Waals surface area contributed by atoms with Gasteiger partial charge in [0.1, 0.15) is 11.6 Å².